The van der Waals surface area contributed by atoms with E-state index in [4.69, 9.17) is 0 Å². The minimum absolute atomic E-state index is 0.170. The number of carbonyl (C=O) groups excluding carboxylic acids is 1. The number of thioether (sulfide) groups is 1. The SMILES string of the molecule is O=C(CSc1nc2ccccc2[nH]1)Nc1cccc(S(=O)(=O)N2CCCCC2)c1. The first kappa shape index (κ1) is 19.9. The highest BCUT2D eigenvalue weighted by atomic mass is 32.2. The van der Waals surface area contributed by atoms with Gasteiger partial charge in [0.25, 0.3) is 0 Å². The summed E-state index contributed by atoms with van der Waals surface area (Å²) in [6, 6.07) is 14.1. The van der Waals surface area contributed by atoms with E-state index >= 15 is 0 Å². The fraction of sp³-hybridized carbons (Fsp3) is 0.300. The zero-order valence-corrected chi connectivity index (χ0v) is 17.4. The summed E-state index contributed by atoms with van der Waals surface area (Å²) in [7, 11) is -3.53. The summed E-state index contributed by atoms with van der Waals surface area (Å²) in [5.41, 5.74) is 2.25. The number of benzene rings is 2. The molecule has 7 nitrogen and oxygen atoms in total. The van der Waals surface area contributed by atoms with Crippen molar-refractivity contribution in [2.45, 2.75) is 29.3 Å². The highest BCUT2D eigenvalue weighted by Crippen LogP contribution is 2.23. The first-order valence-corrected chi connectivity index (χ1v) is 11.9. The van der Waals surface area contributed by atoms with Crippen LogP contribution in [0.5, 0.6) is 0 Å². The number of rotatable bonds is 6. The van der Waals surface area contributed by atoms with Crippen molar-refractivity contribution in [3.8, 4) is 0 Å². The second kappa shape index (κ2) is 8.56. The maximum atomic E-state index is 12.8. The fourth-order valence-corrected chi connectivity index (χ4v) is 5.57. The van der Waals surface area contributed by atoms with Crippen molar-refractivity contribution < 1.29 is 13.2 Å². The molecule has 0 radical (unpaired) electrons. The van der Waals surface area contributed by atoms with Crippen LogP contribution in [0.4, 0.5) is 5.69 Å². The lowest BCUT2D eigenvalue weighted by Gasteiger charge is -2.26. The third kappa shape index (κ3) is 4.63. The van der Waals surface area contributed by atoms with Crippen molar-refractivity contribution in [3.63, 3.8) is 0 Å². The molecule has 4 rings (SSSR count). The van der Waals surface area contributed by atoms with Crippen molar-refractivity contribution in [1.29, 1.82) is 0 Å². The smallest absolute Gasteiger partial charge is 0.243 e. The van der Waals surface area contributed by atoms with E-state index in [0.717, 1.165) is 30.3 Å². The average molecular weight is 431 g/mol. The predicted octanol–water partition coefficient (Wildman–Crippen LogP) is 3.47. The van der Waals surface area contributed by atoms with Gasteiger partial charge >= 0.3 is 0 Å². The Hall–Kier alpha value is -2.36. The van der Waals surface area contributed by atoms with Gasteiger partial charge in [-0.05, 0) is 43.2 Å². The average Bonchev–Trinajstić information content (AvgIpc) is 3.16. The Balaban J connectivity index is 1.40. The van der Waals surface area contributed by atoms with Gasteiger partial charge in [0.15, 0.2) is 5.16 Å². The number of H-pyrrole nitrogens is 1. The molecule has 0 atom stereocenters. The van der Waals surface area contributed by atoms with E-state index in [1.165, 1.54) is 22.1 Å². The van der Waals surface area contributed by atoms with Gasteiger partial charge in [0.05, 0.1) is 21.7 Å². The minimum atomic E-state index is -3.53. The second-order valence-electron chi connectivity index (χ2n) is 6.89. The molecule has 2 aromatic carbocycles. The van der Waals surface area contributed by atoms with Crippen LogP contribution >= 0.6 is 11.8 Å². The van der Waals surface area contributed by atoms with Gasteiger partial charge in [-0.15, -0.1) is 0 Å². The Morgan fingerprint density at radius 3 is 2.69 bits per heavy atom. The summed E-state index contributed by atoms with van der Waals surface area (Å²) >= 11 is 1.30. The zero-order valence-electron chi connectivity index (χ0n) is 15.8. The molecule has 152 valence electrons. The summed E-state index contributed by atoms with van der Waals surface area (Å²) in [5, 5.41) is 3.45. The highest BCUT2D eigenvalue weighted by Gasteiger charge is 2.26. The van der Waals surface area contributed by atoms with Crippen LogP contribution in [0.25, 0.3) is 11.0 Å². The van der Waals surface area contributed by atoms with E-state index in [-0.39, 0.29) is 16.6 Å². The molecule has 0 aliphatic carbocycles. The van der Waals surface area contributed by atoms with Gasteiger partial charge < -0.3 is 10.3 Å². The topological polar surface area (TPSA) is 95.2 Å². The lowest BCUT2D eigenvalue weighted by atomic mass is 10.2. The molecule has 1 aliphatic heterocycles. The number of hydrogen-bond donors (Lipinski definition) is 2. The number of sulfonamides is 1. The number of amides is 1. The summed E-state index contributed by atoms with van der Waals surface area (Å²) < 4.78 is 27.2. The van der Waals surface area contributed by atoms with Crippen LogP contribution in [0.15, 0.2) is 58.6 Å². The molecule has 1 aromatic heterocycles. The Morgan fingerprint density at radius 2 is 1.90 bits per heavy atom. The molecule has 0 bridgehead atoms. The number of fused-ring (bicyclic) bond motifs is 1. The number of piperidine rings is 1. The number of anilines is 1. The number of aromatic nitrogens is 2. The number of hydrogen-bond acceptors (Lipinski definition) is 5. The van der Waals surface area contributed by atoms with Crippen molar-refractivity contribution in [1.82, 2.24) is 14.3 Å². The fourth-order valence-electron chi connectivity index (χ4n) is 3.32. The van der Waals surface area contributed by atoms with Crippen molar-refractivity contribution in [2.24, 2.45) is 0 Å². The number of carbonyl (C=O) groups is 1. The number of nitrogens with zero attached hydrogens (tertiary/aromatic N) is 2. The molecule has 2 heterocycles. The lowest BCUT2D eigenvalue weighted by Crippen LogP contribution is -2.35. The number of nitrogens with one attached hydrogen (secondary N) is 2. The largest absolute Gasteiger partial charge is 0.333 e. The van der Waals surface area contributed by atoms with E-state index in [1.807, 2.05) is 24.3 Å². The van der Waals surface area contributed by atoms with Gasteiger partial charge in [-0.2, -0.15) is 4.31 Å². The zero-order chi connectivity index (χ0) is 20.3. The monoisotopic (exact) mass is 430 g/mol. The van der Waals surface area contributed by atoms with Crippen molar-refractivity contribution >= 4 is 44.4 Å². The molecule has 1 fully saturated rings. The Bertz CT molecular complexity index is 1090. The first-order valence-electron chi connectivity index (χ1n) is 9.50. The molecule has 0 unspecified atom stereocenters. The van der Waals surface area contributed by atoms with E-state index in [0.29, 0.717) is 23.9 Å². The molecule has 1 aliphatic rings. The second-order valence-corrected chi connectivity index (χ2v) is 9.79. The quantitative estimate of drug-likeness (QED) is 0.584. The third-order valence-electron chi connectivity index (χ3n) is 4.78. The lowest BCUT2D eigenvalue weighted by molar-refractivity contribution is -0.113. The Morgan fingerprint density at radius 1 is 1.10 bits per heavy atom. The van der Waals surface area contributed by atoms with Gasteiger partial charge in [0, 0.05) is 18.8 Å². The summed E-state index contributed by atoms with van der Waals surface area (Å²) in [6.45, 7) is 1.10. The predicted molar refractivity (Wildman–Crippen MR) is 114 cm³/mol. The van der Waals surface area contributed by atoms with Gasteiger partial charge in [-0.3, -0.25) is 4.79 Å². The molecule has 9 heteroatoms. The summed E-state index contributed by atoms with van der Waals surface area (Å²) in [5.74, 6) is -0.0499. The van der Waals surface area contributed by atoms with E-state index in [2.05, 4.69) is 15.3 Å². The van der Waals surface area contributed by atoms with Crippen LogP contribution in [0.3, 0.4) is 0 Å². The molecule has 1 amide bonds. The minimum Gasteiger partial charge on any atom is -0.333 e. The summed E-state index contributed by atoms with van der Waals surface area (Å²) in [6.07, 6.45) is 2.83. The molecule has 29 heavy (non-hydrogen) atoms. The van der Waals surface area contributed by atoms with Crippen molar-refractivity contribution in [2.75, 3.05) is 24.2 Å². The van der Waals surface area contributed by atoms with Crippen LogP contribution in [-0.2, 0) is 14.8 Å². The third-order valence-corrected chi connectivity index (χ3v) is 7.55. The van der Waals surface area contributed by atoms with E-state index in [9.17, 15) is 13.2 Å². The van der Waals surface area contributed by atoms with E-state index < -0.39 is 10.0 Å². The molecule has 1 saturated heterocycles. The van der Waals surface area contributed by atoms with Crippen LogP contribution in [0.1, 0.15) is 19.3 Å². The molecule has 2 N–H and O–H groups in total. The first-order chi connectivity index (χ1) is 14.0. The molecule has 3 aromatic rings. The van der Waals surface area contributed by atoms with Gasteiger partial charge in [-0.25, -0.2) is 13.4 Å². The van der Waals surface area contributed by atoms with E-state index in [1.54, 1.807) is 18.2 Å². The maximum absolute atomic E-state index is 12.8. The normalized spacial score (nSPS) is 15.4. The Labute approximate surface area is 174 Å². The maximum Gasteiger partial charge on any atom is 0.243 e. The highest BCUT2D eigenvalue weighted by molar-refractivity contribution is 7.99. The van der Waals surface area contributed by atoms with Crippen LogP contribution < -0.4 is 5.32 Å². The molecule has 0 spiro atoms. The van der Waals surface area contributed by atoms with Gasteiger partial charge in [0.2, 0.25) is 15.9 Å². The van der Waals surface area contributed by atoms with Gasteiger partial charge in [-0.1, -0.05) is 36.4 Å². The molecular formula is C20H22N4O3S2. The van der Waals surface area contributed by atoms with Crippen LogP contribution in [0, 0.1) is 0 Å². The van der Waals surface area contributed by atoms with Crippen LogP contribution in [0.2, 0.25) is 0 Å². The Kier molecular flexibility index (Phi) is 5.89. The molecule has 0 saturated carbocycles. The van der Waals surface area contributed by atoms with Crippen LogP contribution in [-0.4, -0.2) is 47.4 Å². The summed E-state index contributed by atoms with van der Waals surface area (Å²) in [4.78, 5) is 20.1. The molecular weight excluding hydrogens is 408 g/mol. The van der Waals surface area contributed by atoms with Crippen molar-refractivity contribution in [3.05, 3.63) is 48.5 Å². The number of para-hydroxylation sites is 2. The number of aromatic amines is 1. The standard InChI is InChI=1S/C20H22N4O3S2/c25-19(14-28-20-22-17-9-2-3-10-18(17)23-20)21-15-7-6-8-16(13-15)29(26,27)24-11-4-1-5-12-24/h2-3,6-10,13H,1,4-5,11-12,14H2,(H,21,25)(H,22,23). The van der Waals surface area contributed by atoms with Gasteiger partial charge in [0.1, 0.15) is 0 Å². The number of imidazole rings is 1.